The Labute approximate surface area is 176 Å². The first-order valence-electron chi connectivity index (χ1n) is 8.98. The Bertz CT molecular complexity index is 1300. The molecular weight excluding hydrogens is 398 g/mol. The van der Waals surface area contributed by atoms with Crippen molar-refractivity contribution in [1.29, 1.82) is 5.26 Å². The minimum atomic E-state index is -0.413. The molecule has 146 valence electrons. The normalized spacial score (nSPS) is 11.3. The molecule has 0 radical (unpaired) electrons. The maximum Gasteiger partial charge on any atom is 0.270 e. The van der Waals surface area contributed by atoms with Gasteiger partial charge in [0.15, 0.2) is 11.6 Å². The first-order chi connectivity index (χ1) is 14.6. The SMILES string of the molecule is Cn1c(/C(C#N)=C/c2ccc(-c3cccc([N+](=O)[O-])c3)s2)nnc1-c1ccccc1. The summed E-state index contributed by atoms with van der Waals surface area (Å²) in [6.45, 7) is 0. The zero-order valence-electron chi connectivity index (χ0n) is 15.9. The molecule has 4 aromatic rings. The highest BCUT2D eigenvalue weighted by Crippen LogP contribution is 2.32. The van der Waals surface area contributed by atoms with Crippen molar-refractivity contribution in [3.05, 3.63) is 87.5 Å². The van der Waals surface area contributed by atoms with Gasteiger partial charge in [0.1, 0.15) is 6.07 Å². The van der Waals surface area contributed by atoms with Crippen molar-refractivity contribution in [2.24, 2.45) is 7.05 Å². The molecule has 2 aromatic heterocycles. The summed E-state index contributed by atoms with van der Waals surface area (Å²) < 4.78 is 1.79. The Morgan fingerprint density at radius 1 is 1.10 bits per heavy atom. The maximum absolute atomic E-state index is 11.0. The van der Waals surface area contributed by atoms with E-state index in [1.165, 1.54) is 17.4 Å². The van der Waals surface area contributed by atoms with E-state index in [4.69, 9.17) is 0 Å². The number of thiophene rings is 1. The molecule has 0 unspecified atom stereocenters. The van der Waals surface area contributed by atoms with Crippen LogP contribution < -0.4 is 0 Å². The minimum absolute atomic E-state index is 0.0447. The molecule has 0 amide bonds. The van der Waals surface area contributed by atoms with Crippen molar-refractivity contribution >= 4 is 28.7 Å². The second-order valence-electron chi connectivity index (χ2n) is 6.45. The van der Waals surface area contributed by atoms with Gasteiger partial charge in [-0.2, -0.15) is 5.26 Å². The quantitative estimate of drug-likeness (QED) is 0.255. The highest BCUT2D eigenvalue weighted by atomic mass is 32.1. The van der Waals surface area contributed by atoms with E-state index in [1.807, 2.05) is 55.6 Å². The van der Waals surface area contributed by atoms with Gasteiger partial charge in [-0.05, 0) is 23.8 Å². The van der Waals surface area contributed by atoms with Crippen LogP contribution >= 0.6 is 11.3 Å². The van der Waals surface area contributed by atoms with Crippen LogP contribution in [0, 0.1) is 21.4 Å². The van der Waals surface area contributed by atoms with Crippen LogP contribution in [-0.4, -0.2) is 19.7 Å². The van der Waals surface area contributed by atoms with E-state index in [0.717, 1.165) is 20.9 Å². The van der Waals surface area contributed by atoms with Crippen LogP contribution in [0.4, 0.5) is 5.69 Å². The lowest BCUT2D eigenvalue weighted by atomic mass is 10.1. The lowest BCUT2D eigenvalue weighted by Crippen LogP contribution is -1.98. The molecule has 4 rings (SSSR count). The van der Waals surface area contributed by atoms with Crippen molar-refractivity contribution in [2.75, 3.05) is 0 Å². The molecule has 2 heterocycles. The monoisotopic (exact) mass is 413 g/mol. The second kappa shape index (κ2) is 8.11. The third-order valence-corrected chi connectivity index (χ3v) is 5.60. The van der Waals surface area contributed by atoms with Crippen molar-refractivity contribution in [1.82, 2.24) is 14.8 Å². The first kappa shape index (κ1) is 19.2. The van der Waals surface area contributed by atoms with E-state index >= 15 is 0 Å². The van der Waals surface area contributed by atoms with E-state index in [2.05, 4.69) is 16.3 Å². The molecule has 0 N–H and O–H groups in total. The van der Waals surface area contributed by atoms with E-state index < -0.39 is 4.92 Å². The molecule has 2 aromatic carbocycles. The molecule has 0 atom stereocenters. The van der Waals surface area contributed by atoms with Crippen molar-refractivity contribution in [3.63, 3.8) is 0 Å². The fraction of sp³-hybridized carbons (Fsp3) is 0.0455. The van der Waals surface area contributed by atoms with Gasteiger partial charge >= 0.3 is 0 Å². The molecule has 0 saturated heterocycles. The van der Waals surface area contributed by atoms with Crippen LogP contribution in [0.3, 0.4) is 0 Å². The number of nitro groups is 1. The summed E-state index contributed by atoms with van der Waals surface area (Å²) >= 11 is 1.45. The number of allylic oxidation sites excluding steroid dienone is 1. The minimum Gasteiger partial charge on any atom is -0.310 e. The second-order valence-corrected chi connectivity index (χ2v) is 7.57. The Morgan fingerprint density at radius 2 is 1.87 bits per heavy atom. The fourth-order valence-electron chi connectivity index (χ4n) is 3.05. The summed E-state index contributed by atoms with van der Waals surface area (Å²) in [6.07, 6.45) is 1.75. The Hall–Kier alpha value is -4.09. The van der Waals surface area contributed by atoms with Crippen LogP contribution in [0.25, 0.3) is 33.5 Å². The van der Waals surface area contributed by atoms with Crippen LogP contribution in [0.1, 0.15) is 10.7 Å². The number of aromatic nitrogens is 3. The fourth-order valence-corrected chi connectivity index (χ4v) is 4.00. The van der Waals surface area contributed by atoms with Crippen molar-refractivity contribution < 1.29 is 4.92 Å². The van der Waals surface area contributed by atoms with Gasteiger partial charge in [-0.15, -0.1) is 21.5 Å². The summed E-state index contributed by atoms with van der Waals surface area (Å²) in [4.78, 5) is 12.3. The Kier molecular flexibility index (Phi) is 5.20. The zero-order chi connectivity index (χ0) is 21.1. The number of nitriles is 1. The van der Waals surface area contributed by atoms with Gasteiger partial charge in [-0.25, -0.2) is 0 Å². The number of benzene rings is 2. The number of hydrogen-bond acceptors (Lipinski definition) is 6. The molecule has 0 saturated carbocycles. The molecule has 8 heteroatoms. The topological polar surface area (TPSA) is 97.6 Å². The molecule has 0 aliphatic carbocycles. The van der Waals surface area contributed by atoms with Crippen LogP contribution in [0.2, 0.25) is 0 Å². The van der Waals surface area contributed by atoms with Gasteiger partial charge in [0, 0.05) is 34.5 Å². The van der Waals surface area contributed by atoms with E-state index in [0.29, 0.717) is 17.2 Å². The molecule has 7 nitrogen and oxygen atoms in total. The standard InChI is InChI=1S/C22H15N5O2S/c1-26-21(15-6-3-2-4-7-15)24-25-22(26)17(14-23)13-19-10-11-20(30-19)16-8-5-9-18(12-16)27(28)29/h2-13H,1H3/b17-13+. The molecular formula is C22H15N5O2S. The number of nitrogens with zero attached hydrogens (tertiary/aromatic N) is 5. The third-order valence-electron chi connectivity index (χ3n) is 4.52. The predicted molar refractivity (Wildman–Crippen MR) is 116 cm³/mol. The highest BCUT2D eigenvalue weighted by molar-refractivity contribution is 7.16. The molecule has 0 fully saturated rings. The Morgan fingerprint density at radius 3 is 2.60 bits per heavy atom. The first-order valence-corrected chi connectivity index (χ1v) is 9.80. The van der Waals surface area contributed by atoms with Crippen molar-refractivity contribution in [3.8, 4) is 27.9 Å². The summed E-state index contributed by atoms with van der Waals surface area (Å²) in [5, 5.41) is 29.2. The predicted octanol–water partition coefficient (Wildman–Crippen LogP) is 5.18. The third kappa shape index (κ3) is 3.74. The van der Waals surface area contributed by atoms with Gasteiger partial charge in [0.05, 0.1) is 10.5 Å². The molecule has 0 aliphatic rings. The summed E-state index contributed by atoms with van der Waals surface area (Å²) in [7, 11) is 1.83. The maximum atomic E-state index is 11.0. The number of non-ortho nitro benzene ring substituents is 1. The van der Waals surface area contributed by atoms with Crippen molar-refractivity contribution in [2.45, 2.75) is 0 Å². The van der Waals surface area contributed by atoms with Crippen LogP contribution in [0.5, 0.6) is 0 Å². The Balaban J connectivity index is 1.67. The van der Waals surface area contributed by atoms with E-state index in [-0.39, 0.29) is 5.69 Å². The van der Waals surface area contributed by atoms with Crippen LogP contribution in [0.15, 0.2) is 66.7 Å². The smallest absolute Gasteiger partial charge is 0.270 e. The number of rotatable bonds is 5. The summed E-state index contributed by atoms with van der Waals surface area (Å²) in [5.74, 6) is 1.15. The molecule has 0 bridgehead atoms. The largest absolute Gasteiger partial charge is 0.310 e. The molecule has 0 spiro atoms. The van der Waals surface area contributed by atoms with Gasteiger partial charge in [0.2, 0.25) is 0 Å². The van der Waals surface area contributed by atoms with Gasteiger partial charge < -0.3 is 4.57 Å². The highest BCUT2D eigenvalue weighted by Gasteiger charge is 2.15. The average Bonchev–Trinajstić information content (AvgIpc) is 3.39. The summed E-state index contributed by atoms with van der Waals surface area (Å²) in [5.41, 5.74) is 2.11. The van der Waals surface area contributed by atoms with E-state index in [1.54, 1.807) is 22.8 Å². The molecule has 0 aliphatic heterocycles. The summed E-state index contributed by atoms with van der Waals surface area (Å²) in [6, 6.07) is 22.1. The number of hydrogen-bond donors (Lipinski definition) is 0. The van der Waals surface area contributed by atoms with Gasteiger partial charge in [0.25, 0.3) is 5.69 Å². The molecule has 30 heavy (non-hydrogen) atoms. The van der Waals surface area contributed by atoms with E-state index in [9.17, 15) is 15.4 Å². The number of nitro benzene ring substituents is 1. The van der Waals surface area contributed by atoms with Gasteiger partial charge in [-0.3, -0.25) is 10.1 Å². The average molecular weight is 413 g/mol. The zero-order valence-corrected chi connectivity index (χ0v) is 16.7. The lowest BCUT2D eigenvalue weighted by molar-refractivity contribution is -0.384. The lowest BCUT2D eigenvalue weighted by Gasteiger charge is -2.03. The van der Waals surface area contributed by atoms with Gasteiger partial charge in [-0.1, -0.05) is 42.5 Å². The van der Waals surface area contributed by atoms with Crippen LogP contribution in [-0.2, 0) is 7.05 Å².